The van der Waals surface area contributed by atoms with Crippen LogP contribution in [0, 0.1) is 0 Å². The molecule has 0 fully saturated rings. The Labute approximate surface area is 136 Å². The fraction of sp³-hybridized carbons (Fsp3) is 1.00. The first-order valence-electron chi connectivity index (χ1n) is 7.49. The van der Waals surface area contributed by atoms with Crippen LogP contribution in [-0.2, 0) is 0 Å². The molecule has 0 rings (SSSR count). The molecule has 0 aromatic carbocycles. The Morgan fingerprint density at radius 1 is 0.500 bits per heavy atom. The van der Waals surface area contributed by atoms with Gasteiger partial charge in [-0.15, -0.1) is 0 Å². The van der Waals surface area contributed by atoms with E-state index < -0.39 is 39.5 Å². The van der Waals surface area contributed by atoms with E-state index in [9.17, 15) is 0 Å². The molecular formula is C14H38Si2Sn2. The normalized spacial score (nSPS) is 10.3. The van der Waals surface area contributed by atoms with Crippen molar-refractivity contribution in [2.75, 3.05) is 0 Å². The topological polar surface area (TPSA) is 0 Å². The molecule has 0 atom stereocenters. The maximum absolute atomic E-state index is 2.38. The fourth-order valence-electron chi connectivity index (χ4n) is 1.50. The molecule has 0 bridgehead atoms. The molecule has 0 aliphatic heterocycles. The Hall–Kier alpha value is 2.03. The van der Waals surface area contributed by atoms with Gasteiger partial charge in [0.2, 0.25) is 0 Å². The predicted octanol–water partition coefficient (Wildman–Crippen LogP) is 5.88. The summed E-state index contributed by atoms with van der Waals surface area (Å²) in [6, 6.07) is 6.04. The van der Waals surface area contributed by atoms with Gasteiger partial charge in [-0.3, -0.25) is 0 Å². The van der Waals surface area contributed by atoms with Crippen LogP contribution in [0.3, 0.4) is 0 Å². The monoisotopic (exact) mass is 502 g/mol. The van der Waals surface area contributed by atoms with Crippen LogP contribution in [0.15, 0.2) is 0 Å². The minimum atomic E-state index is -0.543. The van der Waals surface area contributed by atoms with Gasteiger partial charge in [0.15, 0.2) is 0 Å². The molecule has 0 amide bonds. The van der Waals surface area contributed by atoms with Crippen LogP contribution in [0.25, 0.3) is 0 Å². The van der Waals surface area contributed by atoms with Gasteiger partial charge in [0.25, 0.3) is 0 Å². The molecule has 0 aliphatic carbocycles. The molecule has 0 unspecified atom stereocenters. The van der Waals surface area contributed by atoms with Crippen molar-refractivity contribution in [3.8, 4) is 0 Å². The van der Waals surface area contributed by atoms with Crippen molar-refractivity contribution in [1.82, 2.24) is 0 Å². The fourth-order valence-corrected chi connectivity index (χ4v) is 10.5. The molecular weight excluding hydrogens is 462 g/mol. The van der Waals surface area contributed by atoms with Crippen LogP contribution in [0.1, 0.15) is 27.7 Å². The van der Waals surface area contributed by atoms with Crippen LogP contribution in [0.4, 0.5) is 0 Å². The molecule has 0 heterocycles. The molecule has 110 valence electrons. The Bertz CT molecular complexity index is 112. The van der Waals surface area contributed by atoms with Crippen LogP contribution in [-0.4, -0.2) is 56.1 Å². The van der Waals surface area contributed by atoms with Crippen molar-refractivity contribution in [2.24, 2.45) is 0 Å². The molecule has 4 heteroatoms. The Morgan fingerprint density at radius 3 is 0.667 bits per heavy atom. The Morgan fingerprint density at radius 2 is 0.611 bits per heavy atom. The summed E-state index contributed by atoms with van der Waals surface area (Å²) in [4.78, 5) is 14.2. The van der Waals surface area contributed by atoms with Gasteiger partial charge in [-0.25, -0.2) is 0 Å². The maximum atomic E-state index is 2.38. The van der Waals surface area contributed by atoms with Gasteiger partial charge in [0.1, 0.15) is 0 Å². The summed E-state index contributed by atoms with van der Waals surface area (Å²) < 4.78 is 0. The second-order valence-corrected chi connectivity index (χ2v) is 32.2. The summed E-state index contributed by atoms with van der Waals surface area (Å²) in [5.74, 6) is 0. The summed E-state index contributed by atoms with van der Waals surface area (Å²) in [5.41, 5.74) is 0. The van der Waals surface area contributed by atoms with Crippen LogP contribution in [0.5, 0.6) is 0 Å². The van der Waals surface area contributed by atoms with Gasteiger partial charge in [0.05, 0.1) is 0 Å². The first kappa shape index (κ1) is 25.0. The van der Waals surface area contributed by atoms with Crippen molar-refractivity contribution in [3.63, 3.8) is 0 Å². The molecule has 0 nitrogen and oxygen atoms in total. The zero-order valence-corrected chi connectivity index (χ0v) is 22.5. The third kappa shape index (κ3) is 26.6. The molecule has 0 saturated carbocycles. The first-order valence-corrected chi connectivity index (χ1v) is 29.4. The zero-order valence-electron chi connectivity index (χ0n) is 14.8. The molecule has 0 aromatic rings. The van der Waals surface area contributed by atoms with Crippen molar-refractivity contribution in [2.45, 2.75) is 81.5 Å². The molecule has 4 radical (unpaired) electrons. The van der Waals surface area contributed by atoms with E-state index in [0.29, 0.717) is 0 Å². The van der Waals surface area contributed by atoms with E-state index in [4.69, 9.17) is 0 Å². The third-order valence-electron chi connectivity index (χ3n) is 2.21. The number of hydrogen-bond donors (Lipinski definition) is 0. The van der Waals surface area contributed by atoms with E-state index in [1.165, 1.54) is 24.2 Å². The second kappa shape index (κ2) is 19.0. The summed E-state index contributed by atoms with van der Waals surface area (Å²) in [6.45, 7) is 9.53. The van der Waals surface area contributed by atoms with E-state index in [-0.39, 0.29) is 16.6 Å². The molecule has 0 N–H and O–H groups in total. The Balaban J connectivity index is -0.000000233. The van der Waals surface area contributed by atoms with E-state index in [2.05, 4.69) is 57.3 Å². The number of hydrogen-bond acceptors (Lipinski definition) is 0. The molecule has 0 aromatic heterocycles. The van der Waals surface area contributed by atoms with Gasteiger partial charge in [0, 0.05) is 16.6 Å². The van der Waals surface area contributed by atoms with Gasteiger partial charge in [-0.05, 0) is 0 Å². The van der Waals surface area contributed by atoms with E-state index in [1.807, 2.05) is 0 Å². The van der Waals surface area contributed by atoms with Crippen LogP contribution in [0.2, 0.25) is 53.8 Å². The van der Waals surface area contributed by atoms with Gasteiger partial charge >= 0.3 is 69.2 Å². The van der Waals surface area contributed by atoms with Gasteiger partial charge in [-0.1, -0.05) is 51.9 Å². The third-order valence-corrected chi connectivity index (χ3v) is 13.9. The predicted molar refractivity (Wildman–Crippen MR) is 100 cm³/mol. The van der Waals surface area contributed by atoms with Crippen molar-refractivity contribution in [3.05, 3.63) is 0 Å². The minimum absolute atomic E-state index is 0.138. The first-order chi connectivity index (χ1) is 8.26. The molecule has 0 saturated heterocycles. The van der Waals surface area contributed by atoms with E-state index in [0.717, 1.165) is 0 Å². The second-order valence-electron chi connectivity index (χ2n) is 5.62. The molecule has 18 heavy (non-hydrogen) atoms. The number of rotatable bonds is 5. The van der Waals surface area contributed by atoms with E-state index in [1.54, 1.807) is 0 Å². The van der Waals surface area contributed by atoms with Crippen molar-refractivity contribution >= 4 is 56.1 Å². The van der Waals surface area contributed by atoms with Gasteiger partial charge in [-0.2, -0.15) is 0 Å². The van der Waals surface area contributed by atoms with E-state index >= 15 is 0 Å². The van der Waals surface area contributed by atoms with Crippen LogP contribution < -0.4 is 0 Å². The summed E-state index contributed by atoms with van der Waals surface area (Å²) >= 11 is -1.09. The summed E-state index contributed by atoms with van der Waals surface area (Å²) in [5, 5.41) is 0. The van der Waals surface area contributed by atoms with Crippen molar-refractivity contribution in [1.29, 1.82) is 0 Å². The van der Waals surface area contributed by atoms with Crippen LogP contribution >= 0.6 is 0 Å². The molecule has 0 aliphatic rings. The average molecular weight is 500 g/mol. The summed E-state index contributed by atoms with van der Waals surface area (Å²) in [6.07, 6.45) is 0. The Kier molecular flexibility index (Phi) is 26.4. The molecule has 0 spiro atoms. The van der Waals surface area contributed by atoms with Gasteiger partial charge < -0.3 is 0 Å². The summed E-state index contributed by atoms with van der Waals surface area (Å²) in [7, 11) is 0.277. The van der Waals surface area contributed by atoms with Crippen molar-refractivity contribution < 1.29 is 0 Å². The zero-order chi connectivity index (χ0) is 15.1. The quantitative estimate of drug-likeness (QED) is 0.415. The standard InChI is InChI=1S/C8H20Si2.6CH3.2Sn/c1-5-9(6-2)10(7-3)8-4;;;;;;;;/h5-8H2,1-4H3;6*1H3;;. The SMILES string of the molecule is CC[Si](CC)[Si](CC)CC.[CH3][Sn]([CH3])[CH3].[CH3][Sn]([CH3])[CH3]. The average Bonchev–Trinajstić information content (AvgIpc) is 2.24.